The standard InChI is InChI=1S/C6H10O4/c1-2-10-6(9)5(8)3-4-7/h4-5,8H,2-3H2,1H3. The molecular weight excluding hydrogens is 136 g/mol. The van der Waals surface area contributed by atoms with Gasteiger partial charge in [0.1, 0.15) is 6.29 Å². The molecule has 4 nitrogen and oxygen atoms in total. The Hall–Kier alpha value is -0.900. The Labute approximate surface area is 58.8 Å². The van der Waals surface area contributed by atoms with Crippen molar-refractivity contribution in [3.8, 4) is 0 Å². The number of hydrogen-bond acceptors (Lipinski definition) is 4. The second-order valence-electron chi connectivity index (χ2n) is 1.67. The van der Waals surface area contributed by atoms with Gasteiger partial charge < -0.3 is 14.6 Å². The van der Waals surface area contributed by atoms with Crippen molar-refractivity contribution in [2.75, 3.05) is 6.61 Å². The smallest absolute Gasteiger partial charge is 0.335 e. The van der Waals surface area contributed by atoms with Gasteiger partial charge in [-0.25, -0.2) is 4.79 Å². The minimum Gasteiger partial charge on any atom is -0.464 e. The number of carbonyl (C=O) groups is 2. The number of esters is 1. The van der Waals surface area contributed by atoms with Crippen LogP contribution in [0.3, 0.4) is 0 Å². The fourth-order valence-corrected chi connectivity index (χ4v) is 0.426. The number of aliphatic hydroxyl groups excluding tert-OH is 1. The molecule has 0 bridgehead atoms. The molecule has 1 N–H and O–H groups in total. The zero-order valence-corrected chi connectivity index (χ0v) is 5.74. The van der Waals surface area contributed by atoms with Crippen molar-refractivity contribution in [3.63, 3.8) is 0 Å². The molecule has 1 atom stereocenters. The molecule has 0 fully saturated rings. The van der Waals surface area contributed by atoms with E-state index in [4.69, 9.17) is 5.11 Å². The molecule has 0 aromatic rings. The SMILES string of the molecule is CCOC(=O)C(O)CC=O. The van der Waals surface area contributed by atoms with Crippen molar-refractivity contribution in [2.45, 2.75) is 19.4 Å². The van der Waals surface area contributed by atoms with Crippen LogP contribution >= 0.6 is 0 Å². The molecular formula is C6H10O4. The van der Waals surface area contributed by atoms with Crippen molar-refractivity contribution >= 4 is 12.3 Å². The maximum Gasteiger partial charge on any atom is 0.335 e. The van der Waals surface area contributed by atoms with Crippen molar-refractivity contribution < 1.29 is 19.4 Å². The van der Waals surface area contributed by atoms with Crippen LogP contribution in [-0.4, -0.2) is 30.1 Å². The van der Waals surface area contributed by atoms with E-state index in [-0.39, 0.29) is 13.0 Å². The Morgan fingerprint density at radius 3 is 2.80 bits per heavy atom. The summed E-state index contributed by atoms with van der Waals surface area (Å²) < 4.78 is 4.41. The van der Waals surface area contributed by atoms with Crippen LogP contribution in [0.1, 0.15) is 13.3 Å². The summed E-state index contributed by atoms with van der Waals surface area (Å²) in [5.41, 5.74) is 0. The molecule has 0 aliphatic heterocycles. The second kappa shape index (κ2) is 4.93. The lowest BCUT2D eigenvalue weighted by Crippen LogP contribution is -2.23. The molecule has 1 unspecified atom stereocenters. The van der Waals surface area contributed by atoms with Gasteiger partial charge in [0.2, 0.25) is 0 Å². The summed E-state index contributed by atoms with van der Waals surface area (Å²) in [5.74, 6) is -0.741. The summed E-state index contributed by atoms with van der Waals surface area (Å²) in [5, 5.41) is 8.74. The van der Waals surface area contributed by atoms with E-state index in [1.165, 1.54) is 0 Å². The van der Waals surface area contributed by atoms with E-state index in [0.717, 1.165) is 0 Å². The molecule has 0 aromatic carbocycles. The van der Waals surface area contributed by atoms with Gasteiger partial charge in [-0.1, -0.05) is 0 Å². The first kappa shape index (κ1) is 9.10. The highest BCUT2D eigenvalue weighted by Gasteiger charge is 2.14. The number of aliphatic hydroxyl groups is 1. The second-order valence-corrected chi connectivity index (χ2v) is 1.67. The Bertz CT molecular complexity index is 121. The zero-order chi connectivity index (χ0) is 7.98. The maximum absolute atomic E-state index is 10.5. The molecule has 0 saturated carbocycles. The molecule has 0 rings (SSSR count). The van der Waals surface area contributed by atoms with E-state index in [1.54, 1.807) is 6.92 Å². The van der Waals surface area contributed by atoms with Crippen molar-refractivity contribution in [1.29, 1.82) is 0 Å². The van der Waals surface area contributed by atoms with Crippen molar-refractivity contribution in [2.24, 2.45) is 0 Å². The Balaban J connectivity index is 3.58. The van der Waals surface area contributed by atoms with Crippen LogP contribution in [0.25, 0.3) is 0 Å². The summed E-state index contributed by atoms with van der Waals surface area (Å²) >= 11 is 0. The lowest BCUT2D eigenvalue weighted by molar-refractivity contribution is -0.153. The van der Waals surface area contributed by atoms with Crippen molar-refractivity contribution in [1.82, 2.24) is 0 Å². The first-order valence-electron chi connectivity index (χ1n) is 3.00. The number of carbonyl (C=O) groups excluding carboxylic acids is 2. The third kappa shape index (κ3) is 3.19. The van der Waals surface area contributed by atoms with Gasteiger partial charge in [-0.2, -0.15) is 0 Å². The first-order valence-corrected chi connectivity index (χ1v) is 3.00. The normalized spacial score (nSPS) is 12.2. The lowest BCUT2D eigenvalue weighted by Gasteiger charge is -2.04. The highest BCUT2D eigenvalue weighted by atomic mass is 16.5. The topological polar surface area (TPSA) is 63.6 Å². The van der Waals surface area contributed by atoms with Crippen LogP contribution in [0, 0.1) is 0 Å². The monoisotopic (exact) mass is 146 g/mol. The van der Waals surface area contributed by atoms with E-state index in [0.29, 0.717) is 6.29 Å². The van der Waals surface area contributed by atoms with Crippen LogP contribution in [0.4, 0.5) is 0 Å². The Morgan fingerprint density at radius 2 is 2.40 bits per heavy atom. The fraction of sp³-hybridized carbons (Fsp3) is 0.667. The third-order valence-corrected chi connectivity index (χ3v) is 0.878. The van der Waals surface area contributed by atoms with Gasteiger partial charge in [0.05, 0.1) is 6.61 Å². The summed E-state index contributed by atoms with van der Waals surface area (Å²) in [4.78, 5) is 20.3. The highest BCUT2D eigenvalue weighted by Crippen LogP contribution is 1.91. The van der Waals surface area contributed by atoms with Gasteiger partial charge in [0, 0.05) is 6.42 Å². The molecule has 10 heavy (non-hydrogen) atoms. The predicted octanol–water partition coefficient (Wildman–Crippen LogP) is -0.501. The molecule has 58 valence electrons. The van der Waals surface area contributed by atoms with Crippen LogP contribution in [-0.2, 0) is 14.3 Å². The number of aldehydes is 1. The Morgan fingerprint density at radius 1 is 1.80 bits per heavy atom. The molecule has 0 spiro atoms. The molecule has 0 amide bonds. The largest absolute Gasteiger partial charge is 0.464 e. The van der Waals surface area contributed by atoms with E-state index >= 15 is 0 Å². The minimum atomic E-state index is -1.29. The van der Waals surface area contributed by atoms with Gasteiger partial charge in [-0.15, -0.1) is 0 Å². The van der Waals surface area contributed by atoms with Crippen LogP contribution in [0.2, 0.25) is 0 Å². The molecule has 0 aliphatic carbocycles. The third-order valence-electron chi connectivity index (χ3n) is 0.878. The molecule has 4 heteroatoms. The van der Waals surface area contributed by atoms with Gasteiger partial charge in [0.15, 0.2) is 6.10 Å². The molecule has 0 aromatic heterocycles. The Kier molecular flexibility index (Phi) is 4.49. The minimum absolute atomic E-state index is 0.196. The molecule has 0 radical (unpaired) electrons. The predicted molar refractivity (Wildman–Crippen MR) is 33.3 cm³/mol. The highest BCUT2D eigenvalue weighted by molar-refractivity contribution is 5.77. The maximum atomic E-state index is 10.5. The average molecular weight is 146 g/mol. The van der Waals surface area contributed by atoms with Crippen LogP contribution in [0.5, 0.6) is 0 Å². The van der Waals surface area contributed by atoms with E-state index in [9.17, 15) is 9.59 Å². The lowest BCUT2D eigenvalue weighted by atomic mass is 10.3. The van der Waals surface area contributed by atoms with Crippen LogP contribution < -0.4 is 0 Å². The van der Waals surface area contributed by atoms with Gasteiger partial charge in [-0.3, -0.25) is 0 Å². The van der Waals surface area contributed by atoms with Gasteiger partial charge in [0.25, 0.3) is 0 Å². The first-order chi connectivity index (χ1) is 4.72. The quantitative estimate of drug-likeness (QED) is 0.429. The number of rotatable bonds is 4. The molecule has 0 heterocycles. The molecule has 0 saturated heterocycles. The van der Waals surface area contributed by atoms with E-state index in [2.05, 4.69) is 4.74 Å². The number of hydrogen-bond donors (Lipinski definition) is 1. The summed E-state index contributed by atoms with van der Waals surface area (Å²) in [6.45, 7) is 1.85. The average Bonchev–Trinajstić information content (AvgIpc) is 1.89. The number of ether oxygens (including phenoxy) is 1. The summed E-state index contributed by atoms with van der Waals surface area (Å²) in [6, 6.07) is 0. The van der Waals surface area contributed by atoms with E-state index < -0.39 is 12.1 Å². The summed E-state index contributed by atoms with van der Waals surface area (Å²) in [6.07, 6.45) is -1.02. The van der Waals surface area contributed by atoms with E-state index in [1.807, 2.05) is 0 Å². The van der Waals surface area contributed by atoms with Gasteiger partial charge >= 0.3 is 5.97 Å². The zero-order valence-electron chi connectivity index (χ0n) is 5.74. The van der Waals surface area contributed by atoms with Crippen LogP contribution in [0.15, 0.2) is 0 Å². The van der Waals surface area contributed by atoms with Crippen molar-refractivity contribution in [3.05, 3.63) is 0 Å². The fourth-order valence-electron chi connectivity index (χ4n) is 0.426. The molecule has 0 aliphatic rings. The summed E-state index contributed by atoms with van der Waals surface area (Å²) in [7, 11) is 0. The van der Waals surface area contributed by atoms with Gasteiger partial charge in [-0.05, 0) is 6.92 Å².